The van der Waals surface area contributed by atoms with E-state index < -0.39 is 5.97 Å². The van der Waals surface area contributed by atoms with E-state index in [1.54, 1.807) is 13.8 Å². The molecule has 0 saturated heterocycles. The van der Waals surface area contributed by atoms with Gasteiger partial charge in [0.05, 0.1) is 0 Å². The largest absolute Gasteiger partial charge is 0.480 e. The molecule has 0 rings (SSSR count). The molecule has 17 heavy (non-hydrogen) atoms. The van der Waals surface area contributed by atoms with Gasteiger partial charge in [0.1, 0.15) is 6.54 Å². The maximum atomic E-state index is 11.7. The van der Waals surface area contributed by atoms with Gasteiger partial charge in [0.25, 0.3) is 0 Å². The normalized spacial score (nSPS) is 10.7. The number of nitrogens with one attached hydrogen (secondary N) is 1. The third kappa shape index (κ3) is 7.57. The molecule has 0 spiro atoms. The summed E-state index contributed by atoms with van der Waals surface area (Å²) in [6.07, 6.45) is 0.845. The minimum absolute atomic E-state index is 0.125. The summed E-state index contributed by atoms with van der Waals surface area (Å²) in [6.45, 7) is 4.77. The molecular weight excluding hydrogens is 222 g/mol. The highest BCUT2D eigenvalue weighted by Gasteiger charge is 2.18. The van der Waals surface area contributed by atoms with Gasteiger partial charge in [0.2, 0.25) is 0 Å². The lowest BCUT2D eigenvalue weighted by Crippen LogP contribution is -2.46. The Labute approximate surface area is 103 Å². The van der Waals surface area contributed by atoms with Crippen LogP contribution in [-0.2, 0) is 4.79 Å². The van der Waals surface area contributed by atoms with Crippen LogP contribution in [0.2, 0.25) is 0 Å². The summed E-state index contributed by atoms with van der Waals surface area (Å²) in [6, 6.07) is -0.443. The molecule has 0 unspecified atom stereocenters. The Morgan fingerprint density at radius 2 is 1.88 bits per heavy atom. The maximum Gasteiger partial charge on any atom is 0.323 e. The van der Waals surface area contributed by atoms with Crippen LogP contribution in [0.4, 0.5) is 4.79 Å². The van der Waals surface area contributed by atoms with Crippen LogP contribution in [-0.4, -0.2) is 66.7 Å². The Kier molecular flexibility index (Phi) is 7.29. The lowest BCUT2D eigenvalue weighted by molar-refractivity contribution is -0.138. The van der Waals surface area contributed by atoms with E-state index in [0.717, 1.165) is 13.0 Å². The molecule has 0 fully saturated rings. The molecule has 0 aliphatic carbocycles. The average Bonchev–Trinajstić information content (AvgIpc) is 2.19. The van der Waals surface area contributed by atoms with E-state index >= 15 is 0 Å². The zero-order valence-corrected chi connectivity index (χ0v) is 11.1. The zero-order chi connectivity index (χ0) is 13.4. The quantitative estimate of drug-likeness (QED) is 0.638. The number of rotatable bonds is 7. The lowest BCUT2D eigenvalue weighted by Gasteiger charge is -2.25. The molecule has 0 heterocycles. The number of nitrogens with zero attached hydrogens (tertiary/aromatic N) is 2. The van der Waals surface area contributed by atoms with Crippen LogP contribution in [0.1, 0.15) is 20.3 Å². The van der Waals surface area contributed by atoms with E-state index in [1.807, 2.05) is 19.0 Å². The van der Waals surface area contributed by atoms with Crippen molar-refractivity contribution >= 4 is 12.0 Å². The van der Waals surface area contributed by atoms with Gasteiger partial charge in [-0.25, -0.2) is 4.79 Å². The van der Waals surface area contributed by atoms with Crippen LogP contribution in [0, 0.1) is 0 Å². The van der Waals surface area contributed by atoms with Gasteiger partial charge in [-0.2, -0.15) is 0 Å². The van der Waals surface area contributed by atoms with Crippen LogP contribution in [0.25, 0.3) is 0 Å². The first-order valence-corrected chi connectivity index (χ1v) is 5.75. The fraction of sp³-hybridized carbons (Fsp3) is 0.818. The molecule has 0 bridgehead atoms. The SMILES string of the molecule is CC(C)N(CC(=O)O)C(=O)NCCCN(C)C. The third-order valence-corrected chi connectivity index (χ3v) is 2.25. The molecular formula is C11H23N3O3. The summed E-state index contributed by atoms with van der Waals surface area (Å²) in [4.78, 5) is 25.6. The van der Waals surface area contributed by atoms with E-state index in [4.69, 9.17) is 5.11 Å². The van der Waals surface area contributed by atoms with E-state index in [-0.39, 0.29) is 18.6 Å². The molecule has 2 N–H and O–H groups in total. The zero-order valence-electron chi connectivity index (χ0n) is 11.1. The topological polar surface area (TPSA) is 72.9 Å². The molecule has 6 heteroatoms. The van der Waals surface area contributed by atoms with Crippen LogP contribution >= 0.6 is 0 Å². The first-order chi connectivity index (χ1) is 7.84. The van der Waals surface area contributed by atoms with Crippen molar-refractivity contribution in [2.75, 3.05) is 33.7 Å². The summed E-state index contributed by atoms with van der Waals surface area (Å²) in [5, 5.41) is 11.4. The summed E-state index contributed by atoms with van der Waals surface area (Å²) in [5.41, 5.74) is 0. The molecule has 0 aromatic carbocycles. The van der Waals surface area contributed by atoms with Crippen molar-refractivity contribution in [1.82, 2.24) is 15.1 Å². The second-order valence-corrected chi connectivity index (χ2v) is 4.50. The van der Waals surface area contributed by atoms with E-state index in [9.17, 15) is 9.59 Å². The standard InChI is InChI=1S/C11H23N3O3/c1-9(2)14(8-10(15)16)11(17)12-6-5-7-13(3)4/h9H,5-8H2,1-4H3,(H,12,17)(H,15,16). The smallest absolute Gasteiger partial charge is 0.323 e. The molecule has 0 aliphatic rings. The molecule has 6 nitrogen and oxygen atoms in total. The van der Waals surface area contributed by atoms with Gasteiger partial charge in [-0.15, -0.1) is 0 Å². The van der Waals surface area contributed by atoms with Crippen molar-refractivity contribution in [3.63, 3.8) is 0 Å². The summed E-state index contributed by atoms with van der Waals surface area (Å²) in [7, 11) is 3.93. The highest BCUT2D eigenvalue weighted by molar-refractivity contribution is 5.80. The predicted octanol–water partition coefficient (Wildman–Crippen LogP) is 0.443. The predicted molar refractivity (Wildman–Crippen MR) is 66.0 cm³/mol. The van der Waals surface area contributed by atoms with Gasteiger partial charge >= 0.3 is 12.0 Å². The second kappa shape index (κ2) is 7.89. The summed E-state index contributed by atoms with van der Waals surface area (Å²) < 4.78 is 0. The van der Waals surface area contributed by atoms with Crippen molar-refractivity contribution < 1.29 is 14.7 Å². The minimum Gasteiger partial charge on any atom is -0.480 e. The van der Waals surface area contributed by atoms with Crippen molar-refractivity contribution in [2.45, 2.75) is 26.3 Å². The first kappa shape index (κ1) is 15.7. The highest BCUT2D eigenvalue weighted by Crippen LogP contribution is 1.98. The number of urea groups is 1. The molecule has 0 atom stereocenters. The summed E-state index contributed by atoms with van der Waals surface area (Å²) in [5.74, 6) is -0.998. The van der Waals surface area contributed by atoms with Crippen LogP contribution in [0.3, 0.4) is 0 Å². The molecule has 0 radical (unpaired) electrons. The second-order valence-electron chi connectivity index (χ2n) is 4.50. The fourth-order valence-corrected chi connectivity index (χ4v) is 1.33. The third-order valence-electron chi connectivity index (χ3n) is 2.25. The fourth-order valence-electron chi connectivity index (χ4n) is 1.33. The van der Waals surface area contributed by atoms with Gasteiger partial charge in [-0.05, 0) is 40.9 Å². The molecule has 100 valence electrons. The minimum atomic E-state index is -0.998. The number of aliphatic carboxylic acids is 1. The lowest BCUT2D eigenvalue weighted by atomic mass is 10.3. The van der Waals surface area contributed by atoms with Crippen LogP contribution < -0.4 is 5.32 Å². The number of amides is 2. The Bertz CT molecular complexity index is 254. The van der Waals surface area contributed by atoms with Crippen LogP contribution in [0.15, 0.2) is 0 Å². The van der Waals surface area contributed by atoms with Crippen molar-refractivity contribution in [3.05, 3.63) is 0 Å². The van der Waals surface area contributed by atoms with Crippen molar-refractivity contribution in [3.8, 4) is 0 Å². The van der Waals surface area contributed by atoms with Gasteiger partial charge in [-0.3, -0.25) is 4.79 Å². The monoisotopic (exact) mass is 245 g/mol. The van der Waals surface area contributed by atoms with Gasteiger partial charge in [0, 0.05) is 12.6 Å². The van der Waals surface area contributed by atoms with Crippen LogP contribution in [0.5, 0.6) is 0 Å². The Balaban J connectivity index is 4.02. The molecule has 0 aromatic heterocycles. The number of carboxylic acid groups (broad SMARTS) is 1. The van der Waals surface area contributed by atoms with Gasteiger partial charge < -0.3 is 20.2 Å². The number of hydrogen-bond acceptors (Lipinski definition) is 3. The number of hydrogen-bond donors (Lipinski definition) is 2. The number of carbonyl (C=O) groups is 2. The maximum absolute atomic E-state index is 11.7. The van der Waals surface area contributed by atoms with E-state index in [1.165, 1.54) is 4.90 Å². The molecule has 0 aliphatic heterocycles. The molecule has 0 saturated carbocycles. The highest BCUT2D eigenvalue weighted by atomic mass is 16.4. The van der Waals surface area contributed by atoms with Gasteiger partial charge in [0.15, 0.2) is 0 Å². The number of carbonyl (C=O) groups excluding carboxylic acids is 1. The van der Waals surface area contributed by atoms with E-state index in [2.05, 4.69) is 5.32 Å². The average molecular weight is 245 g/mol. The Hall–Kier alpha value is -1.30. The first-order valence-electron chi connectivity index (χ1n) is 5.75. The van der Waals surface area contributed by atoms with Gasteiger partial charge in [-0.1, -0.05) is 0 Å². The molecule has 2 amide bonds. The Morgan fingerprint density at radius 1 is 1.29 bits per heavy atom. The number of carboxylic acids is 1. The Morgan fingerprint density at radius 3 is 2.29 bits per heavy atom. The van der Waals surface area contributed by atoms with Crippen molar-refractivity contribution in [1.29, 1.82) is 0 Å². The van der Waals surface area contributed by atoms with Crippen molar-refractivity contribution in [2.24, 2.45) is 0 Å². The molecule has 0 aromatic rings. The summed E-state index contributed by atoms with van der Waals surface area (Å²) >= 11 is 0. The van der Waals surface area contributed by atoms with E-state index in [0.29, 0.717) is 6.54 Å².